The van der Waals surface area contributed by atoms with Crippen molar-refractivity contribution in [1.82, 2.24) is 9.97 Å². The average molecular weight is 368 g/mol. The Balaban J connectivity index is 1.82. The van der Waals surface area contributed by atoms with Gasteiger partial charge >= 0.3 is 6.18 Å². The minimum Gasteiger partial charge on any atom is -0.468 e. The van der Waals surface area contributed by atoms with E-state index in [1.165, 1.54) is 12.6 Å². The second kappa shape index (κ2) is 7.47. The van der Waals surface area contributed by atoms with Crippen molar-refractivity contribution in [3.63, 3.8) is 0 Å². The molecule has 5 nitrogen and oxygen atoms in total. The molecule has 2 aromatic heterocycles. The van der Waals surface area contributed by atoms with Crippen LogP contribution in [-0.2, 0) is 6.42 Å². The summed E-state index contributed by atoms with van der Waals surface area (Å²) in [5, 5.41) is 0. The van der Waals surface area contributed by atoms with Gasteiger partial charge in [-0.25, -0.2) is 9.97 Å². The van der Waals surface area contributed by atoms with Gasteiger partial charge in [0.25, 0.3) is 0 Å². The van der Waals surface area contributed by atoms with E-state index in [1.807, 2.05) is 0 Å². The van der Waals surface area contributed by atoms with E-state index in [1.54, 1.807) is 13.0 Å². The van der Waals surface area contributed by atoms with Crippen molar-refractivity contribution in [3.05, 3.63) is 41.2 Å². The molecule has 3 rings (SSSR count). The van der Waals surface area contributed by atoms with E-state index >= 15 is 0 Å². The van der Waals surface area contributed by atoms with Gasteiger partial charge in [0.05, 0.1) is 0 Å². The number of oxazole rings is 1. The van der Waals surface area contributed by atoms with Crippen LogP contribution in [0.25, 0.3) is 0 Å². The fourth-order valence-electron chi connectivity index (χ4n) is 3.25. The van der Waals surface area contributed by atoms with Gasteiger partial charge in [0, 0.05) is 18.2 Å². The number of hydrogen-bond acceptors (Lipinski definition) is 5. The number of ketones is 1. The second-order valence-electron chi connectivity index (χ2n) is 6.48. The van der Waals surface area contributed by atoms with Crippen LogP contribution in [0.15, 0.2) is 23.1 Å². The molecule has 0 bridgehead atoms. The first-order chi connectivity index (χ1) is 12.3. The molecule has 8 heteroatoms. The minimum absolute atomic E-state index is 0.00282. The zero-order valence-corrected chi connectivity index (χ0v) is 14.3. The highest BCUT2D eigenvalue weighted by atomic mass is 19.4. The van der Waals surface area contributed by atoms with Gasteiger partial charge in [0.1, 0.15) is 11.5 Å². The molecule has 0 atom stereocenters. The highest BCUT2D eigenvalue weighted by Gasteiger charge is 2.30. The SMILES string of the molecule is Cc1ocnc1C(=O)Cc1cnc(OCC(F)(F)F)c(C2CCCC2)c1. The lowest BCUT2D eigenvalue weighted by Gasteiger charge is -2.17. The molecule has 2 heterocycles. The molecule has 0 unspecified atom stereocenters. The van der Waals surface area contributed by atoms with Gasteiger partial charge in [-0.05, 0) is 37.3 Å². The van der Waals surface area contributed by atoms with Crippen molar-refractivity contribution in [1.29, 1.82) is 0 Å². The Morgan fingerprint density at radius 3 is 2.65 bits per heavy atom. The predicted molar refractivity (Wildman–Crippen MR) is 86.3 cm³/mol. The maximum atomic E-state index is 12.5. The molecule has 0 N–H and O–H groups in total. The molecule has 1 saturated carbocycles. The third kappa shape index (κ3) is 4.42. The van der Waals surface area contributed by atoms with Crippen molar-refractivity contribution < 1.29 is 27.1 Å². The van der Waals surface area contributed by atoms with Gasteiger partial charge in [-0.3, -0.25) is 4.79 Å². The molecule has 0 radical (unpaired) electrons. The molecule has 26 heavy (non-hydrogen) atoms. The van der Waals surface area contributed by atoms with Gasteiger partial charge in [-0.2, -0.15) is 13.2 Å². The third-order valence-corrected chi connectivity index (χ3v) is 4.48. The van der Waals surface area contributed by atoms with Crippen LogP contribution in [0.4, 0.5) is 13.2 Å². The molecule has 1 aliphatic carbocycles. The largest absolute Gasteiger partial charge is 0.468 e. The van der Waals surface area contributed by atoms with Crippen molar-refractivity contribution >= 4 is 5.78 Å². The van der Waals surface area contributed by atoms with Crippen LogP contribution in [0.3, 0.4) is 0 Å². The summed E-state index contributed by atoms with van der Waals surface area (Å²) >= 11 is 0. The van der Waals surface area contributed by atoms with Crippen LogP contribution in [-0.4, -0.2) is 28.5 Å². The number of aromatic nitrogens is 2. The molecular formula is C18H19F3N2O3. The Hall–Kier alpha value is -2.38. The third-order valence-electron chi connectivity index (χ3n) is 4.48. The Kier molecular flexibility index (Phi) is 5.29. The summed E-state index contributed by atoms with van der Waals surface area (Å²) in [6.07, 6.45) is 2.02. The number of pyridine rings is 1. The van der Waals surface area contributed by atoms with Crippen LogP contribution in [0.2, 0.25) is 0 Å². The molecule has 1 aliphatic rings. The van der Waals surface area contributed by atoms with Crippen LogP contribution in [0.1, 0.15) is 59.0 Å². The number of carbonyl (C=O) groups excluding carboxylic acids is 1. The average Bonchev–Trinajstić information content (AvgIpc) is 3.24. The lowest BCUT2D eigenvalue weighted by molar-refractivity contribution is -0.154. The summed E-state index contributed by atoms with van der Waals surface area (Å²) in [6.45, 7) is 0.270. The van der Waals surface area contributed by atoms with Gasteiger partial charge in [0.2, 0.25) is 5.88 Å². The summed E-state index contributed by atoms with van der Waals surface area (Å²) in [6, 6.07) is 1.74. The van der Waals surface area contributed by atoms with Crippen LogP contribution < -0.4 is 4.74 Å². The van der Waals surface area contributed by atoms with Gasteiger partial charge in [-0.15, -0.1) is 0 Å². The number of nitrogens with zero attached hydrogens (tertiary/aromatic N) is 2. The molecule has 0 amide bonds. The normalized spacial score (nSPS) is 15.4. The smallest absolute Gasteiger partial charge is 0.422 e. The Morgan fingerprint density at radius 1 is 1.31 bits per heavy atom. The van der Waals surface area contributed by atoms with Crippen molar-refractivity contribution in [3.8, 4) is 5.88 Å². The highest BCUT2D eigenvalue weighted by molar-refractivity contribution is 5.96. The monoisotopic (exact) mass is 368 g/mol. The van der Waals surface area contributed by atoms with E-state index in [2.05, 4.69) is 9.97 Å². The number of hydrogen-bond donors (Lipinski definition) is 0. The first-order valence-corrected chi connectivity index (χ1v) is 8.45. The lowest BCUT2D eigenvalue weighted by Crippen LogP contribution is -2.20. The highest BCUT2D eigenvalue weighted by Crippen LogP contribution is 2.38. The van der Waals surface area contributed by atoms with E-state index in [9.17, 15) is 18.0 Å². The quantitative estimate of drug-likeness (QED) is 0.707. The topological polar surface area (TPSA) is 65.2 Å². The number of ether oxygens (including phenoxy) is 1. The van der Waals surface area contributed by atoms with Crippen LogP contribution in [0.5, 0.6) is 5.88 Å². The van der Waals surface area contributed by atoms with Gasteiger partial charge in [0.15, 0.2) is 18.8 Å². The molecule has 0 saturated heterocycles. The Bertz CT molecular complexity index is 780. The van der Waals surface area contributed by atoms with E-state index in [-0.39, 0.29) is 29.7 Å². The fraction of sp³-hybridized carbons (Fsp3) is 0.500. The Morgan fingerprint density at radius 2 is 2.04 bits per heavy atom. The van der Waals surface area contributed by atoms with Crippen LogP contribution in [0, 0.1) is 6.92 Å². The number of Topliss-reactive ketones (excluding diaryl/α,β-unsaturated/α-hetero) is 1. The summed E-state index contributed by atoms with van der Waals surface area (Å²) in [4.78, 5) is 20.3. The standard InChI is InChI=1S/C18H19F3N2O3/c1-11-16(23-10-26-11)15(24)7-12-6-14(13-4-2-3-5-13)17(22-8-12)25-9-18(19,20)21/h6,8,10,13H,2-5,7,9H2,1H3. The lowest BCUT2D eigenvalue weighted by atomic mass is 9.96. The fourth-order valence-corrected chi connectivity index (χ4v) is 3.25. The maximum Gasteiger partial charge on any atom is 0.422 e. The first kappa shape index (κ1) is 18.4. The number of carbonyl (C=O) groups is 1. The van der Waals surface area contributed by atoms with Crippen molar-refractivity contribution in [2.45, 2.75) is 51.1 Å². The number of rotatable bonds is 6. The van der Waals surface area contributed by atoms with Crippen LogP contribution >= 0.6 is 0 Å². The van der Waals surface area contributed by atoms with E-state index in [4.69, 9.17) is 9.15 Å². The summed E-state index contributed by atoms with van der Waals surface area (Å²) < 4.78 is 47.4. The van der Waals surface area contributed by atoms with Gasteiger partial charge < -0.3 is 9.15 Å². The number of aryl methyl sites for hydroxylation is 1. The summed E-state index contributed by atoms with van der Waals surface area (Å²) in [5.74, 6) is 0.320. The number of halogens is 3. The maximum absolute atomic E-state index is 12.5. The minimum atomic E-state index is -4.42. The zero-order valence-electron chi connectivity index (χ0n) is 14.3. The molecule has 2 aromatic rings. The van der Waals surface area contributed by atoms with Crippen molar-refractivity contribution in [2.24, 2.45) is 0 Å². The van der Waals surface area contributed by atoms with Gasteiger partial charge in [-0.1, -0.05) is 12.8 Å². The molecular weight excluding hydrogens is 349 g/mol. The second-order valence-corrected chi connectivity index (χ2v) is 6.48. The molecule has 0 aliphatic heterocycles. The summed E-state index contributed by atoms with van der Waals surface area (Å²) in [5.41, 5.74) is 1.53. The van der Waals surface area contributed by atoms with E-state index in [0.29, 0.717) is 16.9 Å². The number of alkyl halides is 3. The zero-order chi connectivity index (χ0) is 18.7. The predicted octanol–water partition coefficient (Wildman–Crippen LogP) is 4.40. The van der Waals surface area contributed by atoms with E-state index in [0.717, 1.165) is 25.7 Å². The van der Waals surface area contributed by atoms with E-state index < -0.39 is 12.8 Å². The molecule has 0 aromatic carbocycles. The Labute approximate surface area is 148 Å². The first-order valence-electron chi connectivity index (χ1n) is 8.45. The van der Waals surface area contributed by atoms with Crippen molar-refractivity contribution in [2.75, 3.05) is 6.61 Å². The molecule has 0 spiro atoms. The summed E-state index contributed by atoms with van der Waals surface area (Å²) in [7, 11) is 0. The molecule has 1 fully saturated rings. The molecule has 140 valence electrons.